The molecule has 0 amide bonds. The number of carbonyl (C=O) groups is 1. The maximum atomic E-state index is 12.4. The molecule has 1 atom stereocenters. The second kappa shape index (κ2) is 6.40. The molecule has 18 heavy (non-hydrogen) atoms. The first-order chi connectivity index (χ1) is 8.54. The topological polar surface area (TPSA) is 47.6 Å². The van der Waals surface area contributed by atoms with Gasteiger partial charge in [0.15, 0.2) is 5.78 Å². The van der Waals surface area contributed by atoms with Crippen LogP contribution in [0, 0.1) is 5.92 Å². The maximum absolute atomic E-state index is 12.4. The summed E-state index contributed by atoms with van der Waals surface area (Å²) in [7, 11) is 4.93. The Bertz CT molecular complexity index is 416. The van der Waals surface area contributed by atoms with E-state index in [9.17, 15) is 4.79 Å². The second-order valence-electron chi connectivity index (χ2n) is 4.44. The molecule has 1 unspecified atom stereocenters. The van der Waals surface area contributed by atoms with Gasteiger partial charge < -0.3 is 14.8 Å². The number of benzene rings is 1. The molecule has 0 saturated carbocycles. The number of ketones is 1. The predicted molar refractivity (Wildman–Crippen MR) is 71.6 cm³/mol. The highest BCUT2D eigenvalue weighted by molar-refractivity contribution is 6.02. The lowest BCUT2D eigenvalue weighted by molar-refractivity contribution is 0.0919. The van der Waals surface area contributed by atoms with Crippen molar-refractivity contribution in [1.29, 1.82) is 0 Å². The highest BCUT2D eigenvalue weighted by Crippen LogP contribution is 2.26. The molecule has 1 N–H and O–H groups in total. The summed E-state index contributed by atoms with van der Waals surface area (Å²) in [5.41, 5.74) is 0.575. The zero-order valence-electron chi connectivity index (χ0n) is 11.6. The Balaban J connectivity index is 3.12. The van der Waals surface area contributed by atoms with Crippen molar-refractivity contribution < 1.29 is 14.3 Å². The minimum Gasteiger partial charge on any atom is -0.497 e. The van der Waals surface area contributed by atoms with Crippen molar-refractivity contribution in [2.24, 2.45) is 5.92 Å². The van der Waals surface area contributed by atoms with Crippen LogP contribution in [0.5, 0.6) is 11.5 Å². The van der Waals surface area contributed by atoms with E-state index in [4.69, 9.17) is 9.47 Å². The molecule has 0 heterocycles. The van der Waals surface area contributed by atoms with Gasteiger partial charge in [0.05, 0.1) is 25.8 Å². The van der Waals surface area contributed by atoms with E-state index in [1.165, 1.54) is 0 Å². The van der Waals surface area contributed by atoms with Crippen molar-refractivity contribution in [2.45, 2.75) is 19.9 Å². The summed E-state index contributed by atoms with van der Waals surface area (Å²) in [6.07, 6.45) is 0. The van der Waals surface area contributed by atoms with Gasteiger partial charge in [-0.1, -0.05) is 13.8 Å². The number of hydrogen-bond donors (Lipinski definition) is 1. The Hall–Kier alpha value is -1.55. The number of carbonyl (C=O) groups excluding carboxylic acids is 1. The molecule has 1 aromatic carbocycles. The Morgan fingerprint density at radius 2 is 1.89 bits per heavy atom. The summed E-state index contributed by atoms with van der Waals surface area (Å²) in [6.45, 7) is 4.02. The maximum Gasteiger partial charge on any atom is 0.183 e. The van der Waals surface area contributed by atoms with E-state index in [1.807, 2.05) is 13.8 Å². The molecule has 4 heteroatoms. The fraction of sp³-hybridized carbons (Fsp3) is 0.500. The van der Waals surface area contributed by atoms with Crippen molar-refractivity contribution in [3.05, 3.63) is 23.8 Å². The van der Waals surface area contributed by atoms with Crippen LogP contribution in [0.4, 0.5) is 0 Å². The number of rotatable bonds is 6. The minimum absolute atomic E-state index is 0.0343. The predicted octanol–water partition coefficient (Wildman–Crippen LogP) is 2.13. The van der Waals surface area contributed by atoms with E-state index in [-0.39, 0.29) is 17.7 Å². The molecule has 0 aromatic heterocycles. The fourth-order valence-corrected chi connectivity index (χ4v) is 1.94. The number of methoxy groups -OCH3 is 2. The van der Waals surface area contributed by atoms with Gasteiger partial charge in [0.1, 0.15) is 11.5 Å². The summed E-state index contributed by atoms with van der Waals surface area (Å²) in [5.74, 6) is 1.47. The molecule has 0 bridgehead atoms. The largest absolute Gasteiger partial charge is 0.497 e. The van der Waals surface area contributed by atoms with E-state index >= 15 is 0 Å². The summed E-state index contributed by atoms with van der Waals surface area (Å²) in [4.78, 5) is 12.4. The Morgan fingerprint density at radius 3 is 2.33 bits per heavy atom. The van der Waals surface area contributed by atoms with Crippen LogP contribution < -0.4 is 14.8 Å². The Kier molecular flexibility index (Phi) is 5.16. The van der Waals surface area contributed by atoms with Crippen LogP contribution in [0.2, 0.25) is 0 Å². The van der Waals surface area contributed by atoms with E-state index < -0.39 is 0 Å². The third-order valence-electron chi connectivity index (χ3n) is 2.93. The van der Waals surface area contributed by atoms with Gasteiger partial charge in [0.2, 0.25) is 0 Å². The van der Waals surface area contributed by atoms with Crippen molar-refractivity contribution >= 4 is 5.78 Å². The van der Waals surface area contributed by atoms with Gasteiger partial charge in [-0.3, -0.25) is 4.79 Å². The van der Waals surface area contributed by atoms with E-state index in [1.54, 1.807) is 39.5 Å². The zero-order valence-corrected chi connectivity index (χ0v) is 11.6. The van der Waals surface area contributed by atoms with Crippen molar-refractivity contribution in [3.63, 3.8) is 0 Å². The number of nitrogens with one attached hydrogen (secondary N) is 1. The highest BCUT2D eigenvalue weighted by atomic mass is 16.5. The highest BCUT2D eigenvalue weighted by Gasteiger charge is 2.24. The Morgan fingerprint density at radius 1 is 1.22 bits per heavy atom. The fourth-order valence-electron chi connectivity index (χ4n) is 1.94. The van der Waals surface area contributed by atoms with Gasteiger partial charge in [-0.25, -0.2) is 0 Å². The average Bonchev–Trinajstić information content (AvgIpc) is 2.38. The molecule has 0 aliphatic rings. The molecule has 0 aliphatic carbocycles. The summed E-state index contributed by atoms with van der Waals surface area (Å²) in [5, 5.41) is 3.04. The van der Waals surface area contributed by atoms with Crippen molar-refractivity contribution in [2.75, 3.05) is 21.3 Å². The molecule has 100 valence electrons. The molecule has 0 saturated heterocycles. The average molecular weight is 251 g/mol. The molecule has 0 aliphatic heterocycles. The van der Waals surface area contributed by atoms with E-state index in [0.29, 0.717) is 17.1 Å². The first-order valence-electron chi connectivity index (χ1n) is 5.98. The van der Waals surface area contributed by atoms with Crippen LogP contribution in [0.3, 0.4) is 0 Å². The third-order valence-corrected chi connectivity index (χ3v) is 2.93. The van der Waals surface area contributed by atoms with E-state index in [0.717, 1.165) is 0 Å². The first-order valence-corrected chi connectivity index (χ1v) is 5.98. The second-order valence-corrected chi connectivity index (χ2v) is 4.44. The molecule has 1 aromatic rings. The lowest BCUT2D eigenvalue weighted by atomic mass is 9.94. The van der Waals surface area contributed by atoms with Gasteiger partial charge in [-0.15, -0.1) is 0 Å². The molecule has 0 spiro atoms. The summed E-state index contributed by atoms with van der Waals surface area (Å²) >= 11 is 0. The van der Waals surface area contributed by atoms with Crippen LogP contribution in [0.25, 0.3) is 0 Å². The van der Waals surface area contributed by atoms with Gasteiger partial charge in [0, 0.05) is 6.07 Å². The van der Waals surface area contributed by atoms with Gasteiger partial charge in [-0.2, -0.15) is 0 Å². The van der Waals surface area contributed by atoms with Crippen LogP contribution >= 0.6 is 0 Å². The summed E-state index contributed by atoms with van der Waals surface area (Å²) < 4.78 is 10.4. The molecular formula is C14H21NO3. The smallest absolute Gasteiger partial charge is 0.183 e. The lowest BCUT2D eigenvalue weighted by Crippen LogP contribution is -2.38. The van der Waals surface area contributed by atoms with Gasteiger partial charge in [-0.05, 0) is 25.1 Å². The Labute approximate surface area is 108 Å². The molecule has 0 radical (unpaired) electrons. The minimum atomic E-state index is -0.215. The molecule has 4 nitrogen and oxygen atoms in total. The number of likely N-dealkylation sites (N-methyl/N-ethyl adjacent to an activating group) is 1. The number of hydrogen-bond acceptors (Lipinski definition) is 4. The zero-order chi connectivity index (χ0) is 13.7. The number of Topliss-reactive ketones (excluding diaryl/α,β-unsaturated/α-hetero) is 1. The SMILES string of the molecule is CNC(C(=O)c1ccc(OC)cc1OC)C(C)C. The van der Waals surface area contributed by atoms with Crippen LogP contribution in [-0.2, 0) is 0 Å². The van der Waals surface area contributed by atoms with Crippen molar-refractivity contribution in [1.82, 2.24) is 5.32 Å². The monoisotopic (exact) mass is 251 g/mol. The number of ether oxygens (including phenoxy) is 2. The lowest BCUT2D eigenvalue weighted by Gasteiger charge is -2.20. The van der Waals surface area contributed by atoms with Gasteiger partial charge >= 0.3 is 0 Å². The molecular weight excluding hydrogens is 230 g/mol. The van der Waals surface area contributed by atoms with Gasteiger partial charge in [0.25, 0.3) is 0 Å². The van der Waals surface area contributed by atoms with Crippen LogP contribution in [0.15, 0.2) is 18.2 Å². The quantitative estimate of drug-likeness (QED) is 0.787. The molecule has 1 rings (SSSR count). The standard InChI is InChI=1S/C14H21NO3/c1-9(2)13(15-3)14(16)11-7-6-10(17-4)8-12(11)18-5/h6-9,13,15H,1-5H3. The van der Waals surface area contributed by atoms with Crippen molar-refractivity contribution in [3.8, 4) is 11.5 Å². The third kappa shape index (κ3) is 3.01. The van der Waals surface area contributed by atoms with Crippen LogP contribution in [0.1, 0.15) is 24.2 Å². The van der Waals surface area contributed by atoms with E-state index in [2.05, 4.69) is 5.32 Å². The first kappa shape index (κ1) is 14.5. The summed E-state index contributed by atoms with van der Waals surface area (Å²) in [6, 6.07) is 5.02. The molecule has 0 fully saturated rings. The normalized spacial score (nSPS) is 12.3. The van der Waals surface area contributed by atoms with Crippen LogP contribution in [-0.4, -0.2) is 33.1 Å².